The van der Waals surface area contributed by atoms with Crippen LogP contribution >= 0.6 is 24.8 Å². The van der Waals surface area contributed by atoms with Crippen molar-refractivity contribution in [3.63, 3.8) is 0 Å². The van der Waals surface area contributed by atoms with E-state index in [0.29, 0.717) is 6.04 Å². The van der Waals surface area contributed by atoms with Gasteiger partial charge in [-0.2, -0.15) is 0 Å². The minimum atomic E-state index is 0. The van der Waals surface area contributed by atoms with E-state index in [9.17, 15) is 0 Å². The molecule has 2 aliphatic rings. The van der Waals surface area contributed by atoms with Crippen molar-refractivity contribution in [3.05, 3.63) is 0 Å². The van der Waals surface area contributed by atoms with Crippen molar-refractivity contribution in [2.24, 2.45) is 5.73 Å². The van der Waals surface area contributed by atoms with Crippen molar-refractivity contribution >= 4 is 24.8 Å². The summed E-state index contributed by atoms with van der Waals surface area (Å²) in [7, 11) is 0. The maximum atomic E-state index is 5.88. The molecule has 2 aliphatic carbocycles. The maximum absolute atomic E-state index is 5.88. The Morgan fingerprint density at radius 3 is 1.73 bits per heavy atom. The molecule has 0 heterocycles. The summed E-state index contributed by atoms with van der Waals surface area (Å²) in [5.74, 6) is 0. The van der Waals surface area contributed by atoms with Gasteiger partial charge in [-0.25, -0.2) is 0 Å². The molecule has 0 unspecified atom stereocenters. The Labute approximate surface area is 106 Å². The maximum Gasteiger partial charge on any atom is 0.00708 e. The second-order valence-electron chi connectivity index (χ2n) is 4.76. The van der Waals surface area contributed by atoms with E-state index < -0.39 is 0 Å². The molecule has 2 nitrogen and oxygen atoms in total. The summed E-state index contributed by atoms with van der Waals surface area (Å²) in [6.07, 6.45) is 10.7. The molecule has 0 spiro atoms. The molecule has 0 aromatic carbocycles. The Morgan fingerprint density at radius 1 is 0.733 bits per heavy atom. The molecule has 2 rings (SSSR count). The molecule has 0 saturated heterocycles. The number of nitrogens with one attached hydrogen (secondary N) is 1. The average Bonchev–Trinajstić information content (AvgIpc) is 2.62. The highest BCUT2D eigenvalue weighted by atomic mass is 35.5. The van der Waals surface area contributed by atoms with E-state index in [2.05, 4.69) is 5.32 Å². The van der Waals surface area contributed by atoms with E-state index in [1.54, 1.807) is 0 Å². The van der Waals surface area contributed by atoms with Gasteiger partial charge in [-0.1, -0.05) is 12.8 Å². The second kappa shape index (κ2) is 7.72. The van der Waals surface area contributed by atoms with Gasteiger partial charge >= 0.3 is 0 Å². The summed E-state index contributed by atoms with van der Waals surface area (Å²) in [6, 6.07) is 2.10. The first-order chi connectivity index (χ1) is 6.34. The van der Waals surface area contributed by atoms with E-state index in [1.165, 1.54) is 51.4 Å². The molecule has 3 N–H and O–H groups in total. The topological polar surface area (TPSA) is 38.0 Å². The molecule has 0 radical (unpaired) electrons. The van der Waals surface area contributed by atoms with Crippen LogP contribution in [0, 0.1) is 0 Å². The van der Waals surface area contributed by atoms with E-state index in [1.807, 2.05) is 0 Å². The quantitative estimate of drug-likeness (QED) is 0.796. The third-order valence-electron chi connectivity index (χ3n) is 3.60. The second-order valence-corrected chi connectivity index (χ2v) is 4.76. The van der Waals surface area contributed by atoms with Gasteiger partial charge in [0.25, 0.3) is 0 Å². The molecule has 0 aliphatic heterocycles. The van der Waals surface area contributed by atoms with Gasteiger partial charge in [0.1, 0.15) is 0 Å². The minimum absolute atomic E-state index is 0. The molecular weight excluding hydrogens is 231 g/mol. The number of nitrogens with two attached hydrogens (primary N) is 1. The summed E-state index contributed by atoms with van der Waals surface area (Å²) in [4.78, 5) is 0. The standard InChI is InChI=1S/C11H22N2.2ClH/c12-9-5-7-11(8-6-9)13-10-3-1-2-4-10;;/h9-11,13H,1-8,12H2;2*1H. The summed E-state index contributed by atoms with van der Waals surface area (Å²) in [5.41, 5.74) is 5.88. The Hall–Kier alpha value is 0.500. The molecule has 4 heteroatoms. The predicted octanol–water partition coefficient (Wildman–Crippen LogP) is 2.63. The van der Waals surface area contributed by atoms with Crippen molar-refractivity contribution in [2.75, 3.05) is 0 Å². The molecule has 0 amide bonds. The molecule has 0 bridgehead atoms. The van der Waals surface area contributed by atoms with E-state index >= 15 is 0 Å². The SMILES string of the molecule is Cl.Cl.NC1CCC(NC2CCCC2)CC1. The van der Waals surface area contributed by atoms with Crippen molar-refractivity contribution in [1.82, 2.24) is 5.32 Å². The average molecular weight is 255 g/mol. The lowest BCUT2D eigenvalue weighted by molar-refractivity contribution is 0.315. The van der Waals surface area contributed by atoms with Crippen LogP contribution < -0.4 is 11.1 Å². The van der Waals surface area contributed by atoms with Crippen LogP contribution in [0.4, 0.5) is 0 Å². The van der Waals surface area contributed by atoms with Crippen LogP contribution in [0.15, 0.2) is 0 Å². The fraction of sp³-hybridized carbons (Fsp3) is 1.00. The largest absolute Gasteiger partial charge is 0.328 e. The third-order valence-corrected chi connectivity index (χ3v) is 3.60. The Kier molecular flexibility index (Phi) is 7.98. The lowest BCUT2D eigenvalue weighted by Gasteiger charge is -2.29. The van der Waals surface area contributed by atoms with Gasteiger partial charge in [0, 0.05) is 18.1 Å². The Bertz CT molecular complexity index is 153. The van der Waals surface area contributed by atoms with E-state index in [4.69, 9.17) is 5.73 Å². The van der Waals surface area contributed by atoms with Gasteiger partial charge in [0.15, 0.2) is 0 Å². The van der Waals surface area contributed by atoms with Crippen LogP contribution in [0.1, 0.15) is 51.4 Å². The molecule has 2 fully saturated rings. The molecule has 15 heavy (non-hydrogen) atoms. The van der Waals surface area contributed by atoms with Gasteiger partial charge in [0.05, 0.1) is 0 Å². The van der Waals surface area contributed by atoms with Crippen molar-refractivity contribution in [1.29, 1.82) is 0 Å². The van der Waals surface area contributed by atoms with E-state index in [-0.39, 0.29) is 24.8 Å². The van der Waals surface area contributed by atoms with Crippen LogP contribution in [0.3, 0.4) is 0 Å². The van der Waals surface area contributed by atoms with Crippen LogP contribution in [0.5, 0.6) is 0 Å². The molecule has 2 saturated carbocycles. The highest BCUT2D eigenvalue weighted by Crippen LogP contribution is 2.22. The van der Waals surface area contributed by atoms with Gasteiger partial charge < -0.3 is 11.1 Å². The predicted molar refractivity (Wildman–Crippen MR) is 70.1 cm³/mol. The highest BCUT2D eigenvalue weighted by molar-refractivity contribution is 5.85. The number of hydrogen-bond acceptors (Lipinski definition) is 2. The van der Waals surface area contributed by atoms with Gasteiger partial charge in [-0.05, 0) is 38.5 Å². The normalized spacial score (nSPS) is 31.8. The smallest absolute Gasteiger partial charge is 0.00708 e. The Balaban J connectivity index is 0.000000980. The molecular formula is C11H24Cl2N2. The fourth-order valence-corrected chi connectivity index (χ4v) is 2.71. The lowest BCUT2D eigenvalue weighted by Crippen LogP contribution is -2.41. The zero-order valence-electron chi connectivity index (χ0n) is 9.28. The lowest BCUT2D eigenvalue weighted by atomic mass is 9.91. The van der Waals surface area contributed by atoms with Gasteiger partial charge in [-0.3, -0.25) is 0 Å². The van der Waals surface area contributed by atoms with Crippen LogP contribution in [-0.4, -0.2) is 18.1 Å². The first-order valence-electron chi connectivity index (χ1n) is 5.86. The molecule has 92 valence electrons. The summed E-state index contributed by atoms with van der Waals surface area (Å²) in [6.45, 7) is 0. The fourth-order valence-electron chi connectivity index (χ4n) is 2.71. The van der Waals surface area contributed by atoms with Gasteiger partial charge in [-0.15, -0.1) is 24.8 Å². The van der Waals surface area contributed by atoms with Crippen LogP contribution in [0.25, 0.3) is 0 Å². The van der Waals surface area contributed by atoms with Crippen molar-refractivity contribution < 1.29 is 0 Å². The molecule has 0 aromatic rings. The third kappa shape index (κ3) is 4.90. The zero-order chi connectivity index (χ0) is 9.10. The first-order valence-corrected chi connectivity index (χ1v) is 5.86. The van der Waals surface area contributed by atoms with E-state index in [0.717, 1.165) is 12.1 Å². The zero-order valence-corrected chi connectivity index (χ0v) is 10.9. The first kappa shape index (κ1) is 15.5. The van der Waals surface area contributed by atoms with Crippen LogP contribution in [-0.2, 0) is 0 Å². The molecule has 0 atom stereocenters. The number of hydrogen-bond donors (Lipinski definition) is 2. The van der Waals surface area contributed by atoms with Crippen molar-refractivity contribution in [3.8, 4) is 0 Å². The minimum Gasteiger partial charge on any atom is -0.328 e. The van der Waals surface area contributed by atoms with Crippen LogP contribution in [0.2, 0.25) is 0 Å². The summed E-state index contributed by atoms with van der Waals surface area (Å²) < 4.78 is 0. The number of rotatable bonds is 2. The monoisotopic (exact) mass is 254 g/mol. The van der Waals surface area contributed by atoms with Gasteiger partial charge in [0.2, 0.25) is 0 Å². The highest BCUT2D eigenvalue weighted by Gasteiger charge is 2.22. The summed E-state index contributed by atoms with van der Waals surface area (Å²) in [5, 5.41) is 3.78. The Morgan fingerprint density at radius 2 is 1.20 bits per heavy atom. The molecule has 0 aromatic heterocycles. The summed E-state index contributed by atoms with van der Waals surface area (Å²) >= 11 is 0. The van der Waals surface area contributed by atoms with Crippen molar-refractivity contribution in [2.45, 2.75) is 69.5 Å². The number of halogens is 2.